The van der Waals surface area contributed by atoms with Gasteiger partial charge in [-0.2, -0.15) is 0 Å². The molecule has 2 rings (SSSR count). The smallest absolute Gasteiger partial charge is 0.309 e. The Morgan fingerprint density at radius 3 is 2.45 bits per heavy atom. The lowest BCUT2D eigenvalue weighted by Crippen LogP contribution is -2.39. The number of aliphatic carboxylic acids is 1. The van der Waals surface area contributed by atoms with Gasteiger partial charge in [0.2, 0.25) is 0 Å². The van der Waals surface area contributed by atoms with E-state index < -0.39 is 11.4 Å². The molecule has 4 heteroatoms. The Hall–Kier alpha value is -0.350. The molecule has 1 fully saturated rings. The second-order valence-electron chi connectivity index (χ2n) is 7.09. The van der Waals surface area contributed by atoms with E-state index in [9.17, 15) is 9.90 Å². The Morgan fingerprint density at radius 2 is 2.05 bits per heavy atom. The monoisotopic (exact) mass is 358 g/mol. The first-order chi connectivity index (χ1) is 9.24. The Morgan fingerprint density at radius 1 is 1.45 bits per heavy atom. The molecule has 1 N–H and O–H groups in total. The predicted molar refractivity (Wildman–Crippen MR) is 87.2 cm³/mol. The van der Waals surface area contributed by atoms with Gasteiger partial charge in [-0.1, -0.05) is 20.8 Å². The fraction of sp³-hybridized carbons (Fsp3) is 0.688. The van der Waals surface area contributed by atoms with Gasteiger partial charge in [0.15, 0.2) is 0 Å². The maximum Gasteiger partial charge on any atom is 0.309 e. The van der Waals surface area contributed by atoms with Crippen molar-refractivity contribution in [1.29, 1.82) is 0 Å². The van der Waals surface area contributed by atoms with E-state index in [2.05, 4.69) is 36.7 Å². The second-order valence-corrected chi connectivity index (χ2v) is 8.95. The molecule has 0 spiro atoms. The van der Waals surface area contributed by atoms with Crippen molar-refractivity contribution in [3.63, 3.8) is 0 Å². The highest BCUT2D eigenvalue weighted by atomic mass is 79.9. The van der Waals surface area contributed by atoms with Crippen LogP contribution in [0.15, 0.2) is 15.9 Å². The van der Waals surface area contributed by atoms with Crippen molar-refractivity contribution in [3.8, 4) is 0 Å². The van der Waals surface area contributed by atoms with Crippen LogP contribution in [0.2, 0.25) is 0 Å². The molecular weight excluding hydrogens is 336 g/mol. The summed E-state index contributed by atoms with van der Waals surface area (Å²) in [5, 5.41) is 11.8. The van der Waals surface area contributed by atoms with Gasteiger partial charge in [0.05, 0.1) is 5.41 Å². The summed E-state index contributed by atoms with van der Waals surface area (Å²) in [6.45, 7) is 6.80. The number of carbonyl (C=O) groups is 1. The summed E-state index contributed by atoms with van der Waals surface area (Å²) >= 11 is 5.18. The summed E-state index contributed by atoms with van der Waals surface area (Å²) < 4.78 is 1.06. The summed E-state index contributed by atoms with van der Waals surface area (Å²) in [5.41, 5.74) is -0.275. The number of hydrogen-bond donors (Lipinski definition) is 1. The van der Waals surface area contributed by atoms with E-state index in [1.165, 1.54) is 4.88 Å². The standard InChI is InChI=1S/C16H23BrO2S/c1-15(2,3)11-4-7-16(8-5-11,14(18)19)10-13-12(17)6-9-20-13/h6,9,11H,4-5,7-8,10H2,1-3H3,(H,18,19). The third-order valence-electron chi connectivity index (χ3n) is 4.81. The Balaban J connectivity index is 2.14. The maximum absolute atomic E-state index is 11.9. The van der Waals surface area contributed by atoms with Crippen LogP contribution < -0.4 is 0 Å². The van der Waals surface area contributed by atoms with E-state index in [0.29, 0.717) is 12.3 Å². The number of carboxylic acids is 1. The molecule has 20 heavy (non-hydrogen) atoms. The van der Waals surface area contributed by atoms with E-state index in [1.54, 1.807) is 11.3 Å². The van der Waals surface area contributed by atoms with Gasteiger partial charge >= 0.3 is 5.97 Å². The summed E-state index contributed by atoms with van der Waals surface area (Å²) in [6.07, 6.45) is 4.32. The summed E-state index contributed by atoms with van der Waals surface area (Å²) in [7, 11) is 0. The molecule has 0 saturated heterocycles. The lowest BCUT2D eigenvalue weighted by molar-refractivity contribution is -0.152. The van der Waals surface area contributed by atoms with Crippen LogP contribution in [-0.4, -0.2) is 11.1 Å². The van der Waals surface area contributed by atoms with Crippen LogP contribution in [0.3, 0.4) is 0 Å². The highest BCUT2D eigenvalue weighted by Crippen LogP contribution is 2.48. The Bertz CT molecular complexity index is 479. The summed E-state index contributed by atoms with van der Waals surface area (Å²) in [6, 6.07) is 2.01. The van der Waals surface area contributed by atoms with Crippen molar-refractivity contribution in [3.05, 3.63) is 20.8 Å². The highest BCUT2D eigenvalue weighted by molar-refractivity contribution is 9.10. The normalized spacial score (nSPS) is 27.5. The minimum absolute atomic E-state index is 0.286. The van der Waals surface area contributed by atoms with Gasteiger partial charge in [0.1, 0.15) is 0 Å². The maximum atomic E-state index is 11.9. The van der Waals surface area contributed by atoms with Crippen molar-refractivity contribution in [2.24, 2.45) is 16.7 Å². The zero-order valence-corrected chi connectivity index (χ0v) is 14.8. The molecule has 1 saturated carbocycles. The molecule has 2 nitrogen and oxygen atoms in total. The van der Waals surface area contributed by atoms with Gasteiger partial charge in [-0.25, -0.2) is 0 Å². The molecule has 1 aliphatic carbocycles. The Kier molecular flexibility index (Phi) is 4.65. The first-order valence-corrected chi connectivity index (χ1v) is 8.87. The number of halogens is 1. The molecule has 1 aromatic heterocycles. The lowest BCUT2D eigenvalue weighted by Gasteiger charge is -2.41. The molecule has 1 heterocycles. The average Bonchev–Trinajstić information content (AvgIpc) is 2.74. The number of rotatable bonds is 3. The number of carboxylic acid groups (broad SMARTS) is 1. The fourth-order valence-corrected chi connectivity index (χ4v) is 4.90. The van der Waals surface area contributed by atoms with Gasteiger partial charge < -0.3 is 5.11 Å². The van der Waals surface area contributed by atoms with Crippen LogP contribution in [-0.2, 0) is 11.2 Å². The number of hydrogen-bond acceptors (Lipinski definition) is 2. The van der Waals surface area contributed by atoms with E-state index >= 15 is 0 Å². The number of thiophene rings is 1. The molecule has 0 bridgehead atoms. The van der Waals surface area contributed by atoms with Crippen molar-refractivity contribution in [2.45, 2.75) is 52.9 Å². The molecule has 0 aliphatic heterocycles. The highest BCUT2D eigenvalue weighted by Gasteiger charge is 2.44. The largest absolute Gasteiger partial charge is 0.481 e. The van der Waals surface area contributed by atoms with Crippen LogP contribution in [0.1, 0.15) is 51.3 Å². The quantitative estimate of drug-likeness (QED) is 0.789. The average molecular weight is 359 g/mol. The first-order valence-electron chi connectivity index (χ1n) is 7.20. The fourth-order valence-electron chi connectivity index (χ4n) is 3.26. The van der Waals surface area contributed by atoms with E-state index in [0.717, 1.165) is 30.2 Å². The van der Waals surface area contributed by atoms with E-state index in [4.69, 9.17) is 0 Å². The van der Waals surface area contributed by atoms with Crippen LogP contribution in [0.5, 0.6) is 0 Å². The van der Waals surface area contributed by atoms with E-state index in [-0.39, 0.29) is 5.41 Å². The third kappa shape index (κ3) is 3.28. The molecule has 0 atom stereocenters. The summed E-state index contributed by atoms with van der Waals surface area (Å²) in [4.78, 5) is 13.0. The van der Waals surface area contributed by atoms with Crippen molar-refractivity contribution in [2.75, 3.05) is 0 Å². The SMILES string of the molecule is CC(C)(C)C1CCC(Cc2sccc2Br)(C(=O)O)CC1. The third-order valence-corrected chi connectivity index (χ3v) is 6.74. The molecule has 0 aromatic carbocycles. The van der Waals surface area contributed by atoms with Gasteiger partial charge in [-0.05, 0) is 70.8 Å². The van der Waals surface area contributed by atoms with Crippen LogP contribution >= 0.6 is 27.3 Å². The summed E-state index contributed by atoms with van der Waals surface area (Å²) in [5.74, 6) is 0.0203. The van der Waals surface area contributed by atoms with Gasteiger partial charge in [-0.15, -0.1) is 11.3 Å². The molecular formula is C16H23BrO2S. The van der Waals surface area contributed by atoms with Gasteiger partial charge in [-0.3, -0.25) is 4.79 Å². The zero-order valence-electron chi connectivity index (χ0n) is 12.4. The molecule has 0 amide bonds. The molecule has 112 valence electrons. The van der Waals surface area contributed by atoms with Gasteiger partial charge in [0.25, 0.3) is 0 Å². The van der Waals surface area contributed by atoms with Crippen molar-refractivity contribution in [1.82, 2.24) is 0 Å². The molecule has 0 unspecified atom stereocenters. The van der Waals surface area contributed by atoms with Gasteiger partial charge in [0, 0.05) is 9.35 Å². The first kappa shape index (κ1) is 16.0. The van der Waals surface area contributed by atoms with E-state index in [1.807, 2.05) is 11.4 Å². The van der Waals surface area contributed by atoms with Crippen molar-refractivity contribution >= 4 is 33.2 Å². The van der Waals surface area contributed by atoms with Crippen molar-refractivity contribution < 1.29 is 9.90 Å². The zero-order chi connectivity index (χ0) is 15.0. The lowest BCUT2D eigenvalue weighted by atomic mass is 9.63. The molecule has 0 radical (unpaired) electrons. The van der Waals surface area contributed by atoms with Crippen LogP contribution in [0.25, 0.3) is 0 Å². The van der Waals surface area contributed by atoms with Crippen LogP contribution in [0.4, 0.5) is 0 Å². The topological polar surface area (TPSA) is 37.3 Å². The predicted octanol–water partition coefficient (Wildman–Crippen LogP) is 5.36. The molecule has 1 aliphatic rings. The second kappa shape index (κ2) is 5.80. The molecule has 1 aromatic rings. The minimum Gasteiger partial charge on any atom is -0.481 e. The Labute approximate surface area is 133 Å². The minimum atomic E-state index is -0.620. The van der Waals surface area contributed by atoms with Crippen LogP contribution in [0, 0.1) is 16.7 Å².